The number of ether oxygens (including phenoxy) is 2. The Morgan fingerprint density at radius 3 is 2.44 bits per heavy atom. The van der Waals surface area contributed by atoms with Crippen molar-refractivity contribution >= 4 is 33.8 Å². The number of benzene rings is 2. The van der Waals surface area contributed by atoms with E-state index in [1.165, 1.54) is 16.9 Å². The topological polar surface area (TPSA) is 72.5 Å². The Morgan fingerprint density at radius 1 is 1.04 bits per heavy atom. The molecule has 140 valence electrons. The summed E-state index contributed by atoms with van der Waals surface area (Å²) in [4.78, 5) is 17.7. The molecule has 0 saturated heterocycles. The van der Waals surface area contributed by atoms with E-state index in [9.17, 15) is 4.79 Å². The monoisotopic (exact) mass is 383 g/mol. The van der Waals surface area contributed by atoms with Gasteiger partial charge in [0, 0.05) is 11.8 Å². The molecule has 0 aliphatic rings. The molecular formula is C20H21N3O3S. The standard InChI is InChI=1S/C20H21N3O3S/c1-12-5-7-14(8-6-12)22-20-21-13(2)18(27-20)19(24)23-16-10-9-15(25-3)11-17(16)26-4/h5-11H,1-4H3,(H,21,22)(H,23,24). The largest absolute Gasteiger partial charge is 0.497 e. The van der Waals surface area contributed by atoms with Gasteiger partial charge in [-0.1, -0.05) is 29.0 Å². The SMILES string of the molecule is COc1ccc(NC(=O)c2sc(Nc3ccc(C)cc3)nc2C)c(OC)c1. The lowest BCUT2D eigenvalue weighted by Crippen LogP contribution is -2.12. The maximum atomic E-state index is 12.7. The number of nitrogens with zero attached hydrogens (tertiary/aromatic N) is 1. The molecule has 2 aromatic carbocycles. The van der Waals surface area contributed by atoms with Gasteiger partial charge in [-0.2, -0.15) is 0 Å². The number of carbonyl (C=O) groups is 1. The number of anilines is 3. The molecule has 1 amide bonds. The zero-order valence-electron chi connectivity index (χ0n) is 15.6. The summed E-state index contributed by atoms with van der Waals surface area (Å²) in [5.41, 5.74) is 3.35. The van der Waals surface area contributed by atoms with Gasteiger partial charge in [-0.25, -0.2) is 4.98 Å². The van der Waals surface area contributed by atoms with E-state index in [1.54, 1.807) is 32.4 Å². The summed E-state index contributed by atoms with van der Waals surface area (Å²) in [6.07, 6.45) is 0. The molecule has 0 unspecified atom stereocenters. The van der Waals surface area contributed by atoms with Crippen molar-refractivity contribution < 1.29 is 14.3 Å². The van der Waals surface area contributed by atoms with E-state index in [1.807, 2.05) is 38.1 Å². The minimum Gasteiger partial charge on any atom is -0.497 e. The molecule has 0 saturated carbocycles. The van der Waals surface area contributed by atoms with Crippen LogP contribution in [0.3, 0.4) is 0 Å². The number of rotatable bonds is 6. The second kappa shape index (κ2) is 8.09. The van der Waals surface area contributed by atoms with Gasteiger partial charge >= 0.3 is 0 Å². The molecule has 2 N–H and O–H groups in total. The van der Waals surface area contributed by atoms with Crippen LogP contribution in [-0.2, 0) is 0 Å². The Morgan fingerprint density at radius 2 is 1.78 bits per heavy atom. The quantitative estimate of drug-likeness (QED) is 0.641. The molecule has 0 atom stereocenters. The minimum absolute atomic E-state index is 0.231. The van der Waals surface area contributed by atoms with Gasteiger partial charge in [0.15, 0.2) is 5.13 Å². The van der Waals surface area contributed by atoms with Gasteiger partial charge in [0.2, 0.25) is 0 Å². The second-order valence-electron chi connectivity index (χ2n) is 5.94. The maximum Gasteiger partial charge on any atom is 0.267 e. The summed E-state index contributed by atoms with van der Waals surface area (Å²) >= 11 is 1.31. The third-order valence-electron chi connectivity index (χ3n) is 3.96. The number of aryl methyl sites for hydroxylation is 2. The van der Waals surface area contributed by atoms with Gasteiger partial charge < -0.3 is 20.1 Å². The highest BCUT2D eigenvalue weighted by atomic mass is 32.1. The lowest BCUT2D eigenvalue weighted by molar-refractivity contribution is 0.102. The number of aromatic nitrogens is 1. The highest BCUT2D eigenvalue weighted by Gasteiger charge is 2.17. The van der Waals surface area contributed by atoms with Gasteiger partial charge in [-0.3, -0.25) is 4.79 Å². The fourth-order valence-electron chi connectivity index (χ4n) is 2.50. The molecule has 0 aliphatic carbocycles. The van der Waals surface area contributed by atoms with Crippen molar-refractivity contribution in [2.75, 3.05) is 24.9 Å². The highest BCUT2D eigenvalue weighted by Crippen LogP contribution is 2.31. The van der Waals surface area contributed by atoms with E-state index in [0.717, 1.165) is 5.69 Å². The number of hydrogen-bond acceptors (Lipinski definition) is 6. The number of hydrogen-bond donors (Lipinski definition) is 2. The number of methoxy groups -OCH3 is 2. The predicted octanol–water partition coefficient (Wildman–Crippen LogP) is 4.77. The van der Waals surface area contributed by atoms with Crippen LogP contribution in [0.2, 0.25) is 0 Å². The third kappa shape index (κ3) is 4.38. The normalized spacial score (nSPS) is 10.4. The fraction of sp³-hybridized carbons (Fsp3) is 0.200. The summed E-state index contributed by atoms with van der Waals surface area (Å²) in [6, 6.07) is 13.2. The smallest absolute Gasteiger partial charge is 0.267 e. The summed E-state index contributed by atoms with van der Waals surface area (Å²) in [7, 11) is 3.13. The minimum atomic E-state index is -0.231. The van der Waals surface area contributed by atoms with Crippen LogP contribution in [0.4, 0.5) is 16.5 Å². The molecular weight excluding hydrogens is 362 g/mol. The second-order valence-corrected chi connectivity index (χ2v) is 6.94. The van der Waals surface area contributed by atoms with Crippen molar-refractivity contribution in [3.63, 3.8) is 0 Å². The number of carbonyl (C=O) groups excluding carboxylic acids is 1. The molecule has 0 radical (unpaired) electrons. The first-order chi connectivity index (χ1) is 13.0. The van der Waals surface area contributed by atoms with E-state index >= 15 is 0 Å². The zero-order chi connectivity index (χ0) is 19.4. The molecule has 0 fully saturated rings. The van der Waals surface area contributed by atoms with Crippen LogP contribution >= 0.6 is 11.3 Å². The van der Waals surface area contributed by atoms with Gasteiger partial charge in [-0.15, -0.1) is 0 Å². The van der Waals surface area contributed by atoms with Crippen LogP contribution in [0.5, 0.6) is 11.5 Å². The predicted molar refractivity (Wildman–Crippen MR) is 109 cm³/mol. The first-order valence-electron chi connectivity index (χ1n) is 8.34. The van der Waals surface area contributed by atoms with E-state index in [2.05, 4.69) is 15.6 Å². The van der Waals surface area contributed by atoms with Crippen molar-refractivity contribution in [1.82, 2.24) is 4.98 Å². The van der Waals surface area contributed by atoms with Crippen molar-refractivity contribution in [1.29, 1.82) is 0 Å². The number of amides is 1. The van der Waals surface area contributed by atoms with E-state index in [4.69, 9.17) is 9.47 Å². The van der Waals surface area contributed by atoms with Crippen molar-refractivity contribution in [2.45, 2.75) is 13.8 Å². The van der Waals surface area contributed by atoms with Crippen LogP contribution in [-0.4, -0.2) is 25.1 Å². The molecule has 27 heavy (non-hydrogen) atoms. The Balaban J connectivity index is 1.77. The lowest BCUT2D eigenvalue weighted by atomic mass is 10.2. The molecule has 0 spiro atoms. The van der Waals surface area contributed by atoms with E-state index < -0.39 is 0 Å². The highest BCUT2D eigenvalue weighted by molar-refractivity contribution is 7.17. The third-order valence-corrected chi connectivity index (χ3v) is 5.03. The van der Waals surface area contributed by atoms with Crippen LogP contribution in [0.15, 0.2) is 42.5 Å². The van der Waals surface area contributed by atoms with Crippen LogP contribution < -0.4 is 20.1 Å². The molecule has 6 nitrogen and oxygen atoms in total. The summed E-state index contributed by atoms with van der Waals surface area (Å²) < 4.78 is 10.5. The Labute approximate surface area is 162 Å². The van der Waals surface area contributed by atoms with E-state index in [0.29, 0.717) is 32.9 Å². The zero-order valence-corrected chi connectivity index (χ0v) is 16.4. The fourth-order valence-corrected chi connectivity index (χ4v) is 3.38. The molecule has 1 aromatic heterocycles. The van der Waals surface area contributed by atoms with Crippen molar-refractivity contribution in [3.8, 4) is 11.5 Å². The summed E-state index contributed by atoms with van der Waals surface area (Å²) in [5, 5.41) is 6.78. The molecule has 1 heterocycles. The van der Waals surface area contributed by atoms with E-state index in [-0.39, 0.29) is 5.91 Å². The molecule has 3 aromatic rings. The average molecular weight is 383 g/mol. The first kappa shape index (κ1) is 18.7. The Hall–Kier alpha value is -3.06. The number of nitrogens with one attached hydrogen (secondary N) is 2. The molecule has 0 aliphatic heterocycles. The van der Waals surface area contributed by atoms with Gasteiger partial charge in [0.05, 0.1) is 25.6 Å². The van der Waals surface area contributed by atoms with Crippen molar-refractivity contribution in [3.05, 3.63) is 58.6 Å². The van der Waals surface area contributed by atoms with Crippen LogP contribution in [0, 0.1) is 13.8 Å². The van der Waals surface area contributed by atoms with Crippen molar-refractivity contribution in [2.24, 2.45) is 0 Å². The summed E-state index contributed by atoms with van der Waals surface area (Å²) in [6.45, 7) is 3.85. The maximum absolute atomic E-state index is 12.7. The molecule has 0 bridgehead atoms. The first-order valence-corrected chi connectivity index (χ1v) is 9.16. The molecule has 3 rings (SSSR count). The number of thiazole rings is 1. The van der Waals surface area contributed by atoms with Gasteiger partial charge in [0.25, 0.3) is 5.91 Å². The van der Waals surface area contributed by atoms with Gasteiger partial charge in [-0.05, 0) is 38.1 Å². The Bertz CT molecular complexity index is 952. The summed E-state index contributed by atoms with van der Waals surface area (Å²) in [5.74, 6) is 0.955. The van der Waals surface area contributed by atoms with Crippen LogP contribution in [0.25, 0.3) is 0 Å². The Kier molecular flexibility index (Phi) is 5.61. The average Bonchev–Trinajstić information content (AvgIpc) is 3.04. The van der Waals surface area contributed by atoms with Crippen LogP contribution in [0.1, 0.15) is 20.9 Å². The lowest BCUT2D eigenvalue weighted by Gasteiger charge is -2.11. The molecule has 7 heteroatoms. The van der Waals surface area contributed by atoms with Gasteiger partial charge in [0.1, 0.15) is 16.4 Å².